The molecular weight excluding hydrogens is 245 g/mol. The Balaban J connectivity index is 1.96. The molecule has 1 amide bonds. The van der Waals surface area contributed by atoms with Gasteiger partial charge in [-0.2, -0.15) is 0 Å². The smallest absolute Gasteiger partial charge is 0.246 e. The molecule has 0 bridgehead atoms. The Bertz CT molecular complexity index is 473. The van der Waals surface area contributed by atoms with Crippen molar-refractivity contribution in [2.45, 2.75) is 12.8 Å². The molecule has 0 aromatic heterocycles. The van der Waals surface area contributed by atoms with Crippen molar-refractivity contribution in [2.24, 2.45) is 5.92 Å². The molecule has 1 saturated heterocycles. The first-order valence-electron chi connectivity index (χ1n) is 6.52. The van der Waals surface area contributed by atoms with E-state index < -0.39 is 0 Å². The van der Waals surface area contributed by atoms with E-state index in [4.69, 9.17) is 5.11 Å². The van der Waals surface area contributed by atoms with Crippen LogP contribution < -0.4 is 0 Å². The van der Waals surface area contributed by atoms with Crippen molar-refractivity contribution in [1.82, 2.24) is 4.90 Å². The molecule has 2 rings (SSSR count). The highest BCUT2D eigenvalue weighted by molar-refractivity contribution is 5.91. The molecule has 1 aliphatic heterocycles. The SMILES string of the molecule is O=C(/C=C/c1cccc(F)c1)N1CCCC(CO)C1. The van der Waals surface area contributed by atoms with Crippen LogP contribution in [0.2, 0.25) is 0 Å². The third kappa shape index (κ3) is 3.89. The lowest BCUT2D eigenvalue weighted by Crippen LogP contribution is -2.40. The van der Waals surface area contributed by atoms with Crippen LogP contribution in [0.25, 0.3) is 6.08 Å². The second-order valence-corrected chi connectivity index (χ2v) is 4.86. The van der Waals surface area contributed by atoms with E-state index in [2.05, 4.69) is 0 Å². The number of piperidine rings is 1. The lowest BCUT2D eigenvalue weighted by molar-refractivity contribution is -0.127. The fourth-order valence-electron chi connectivity index (χ4n) is 2.30. The van der Waals surface area contributed by atoms with Crippen molar-refractivity contribution in [3.63, 3.8) is 0 Å². The summed E-state index contributed by atoms with van der Waals surface area (Å²) in [5.74, 6) is -0.212. The Morgan fingerprint density at radius 3 is 3.11 bits per heavy atom. The zero-order chi connectivity index (χ0) is 13.7. The minimum atomic E-state index is -0.312. The minimum Gasteiger partial charge on any atom is -0.396 e. The van der Waals surface area contributed by atoms with Crippen molar-refractivity contribution in [3.8, 4) is 0 Å². The summed E-state index contributed by atoms with van der Waals surface area (Å²) in [5.41, 5.74) is 0.670. The van der Waals surface area contributed by atoms with E-state index in [0.29, 0.717) is 12.1 Å². The van der Waals surface area contributed by atoms with Crippen molar-refractivity contribution >= 4 is 12.0 Å². The number of benzene rings is 1. The van der Waals surface area contributed by atoms with Crippen LogP contribution >= 0.6 is 0 Å². The molecule has 0 radical (unpaired) electrons. The van der Waals surface area contributed by atoms with Gasteiger partial charge in [0.25, 0.3) is 0 Å². The van der Waals surface area contributed by atoms with Gasteiger partial charge in [0.05, 0.1) is 0 Å². The Morgan fingerprint density at radius 2 is 2.37 bits per heavy atom. The maximum atomic E-state index is 13.0. The lowest BCUT2D eigenvalue weighted by atomic mass is 9.99. The number of hydrogen-bond acceptors (Lipinski definition) is 2. The molecule has 1 fully saturated rings. The van der Waals surface area contributed by atoms with Crippen LogP contribution in [0.5, 0.6) is 0 Å². The third-order valence-electron chi connectivity index (χ3n) is 3.36. The molecule has 1 aromatic rings. The third-order valence-corrected chi connectivity index (χ3v) is 3.36. The van der Waals surface area contributed by atoms with E-state index in [1.165, 1.54) is 18.2 Å². The second-order valence-electron chi connectivity index (χ2n) is 4.86. The molecule has 19 heavy (non-hydrogen) atoms. The van der Waals surface area contributed by atoms with Crippen LogP contribution in [-0.2, 0) is 4.79 Å². The summed E-state index contributed by atoms with van der Waals surface area (Å²) < 4.78 is 13.0. The molecule has 1 aromatic carbocycles. The van der Waals surface area contributed by atoms with E-state index in [-0.39, 0.29) is 24.2 Å². The van der Waals surface area contributed by atoms with Gasteiger partial charge in [0.1, 0.15) is 5.82 Å². The number of halogens is 1. The predicted molar refractivity (Wildman–Crippen MR) is 71.8 cm³/mol. The van der Waals surface area contributed by atoms with Crippen LogP contribution in [0, 0.1) is 11.7 Å². The summed E-state index contributed by atoms with van der Waals surface area (Å²) in [4.78, 5) is 13.7. The average Bonchev–Trinajstić information content (AvgIpc) is 2.45. The number of aliphatic hydroxyl groups excluding tert-OH is 1. The minimum absolute atomic E-state index is 0.0811. The molecule has 1 N–H and O–H groups in total. The fourth-order valence-corrected chi connectivity index (χ4v) is 2.30. The van der Waals surface area contributed by atoms with Gasteiger partial charge in [0.2, 0.25) is 5.91 Å². The number of likely N-dealkylation sites (tertiary alicyclic amines) is 1. The second kappa shape index (κ2) is 6.48. The standard InChI is InChI=1S/C15H18FNO2/c16-14-5-1-3-12(9-14)6-7-15(19)17-8-2-4-13(10-17)11-18/h1,3,5-7,9,13,18H,2,4,8,10-11H2/b7-6+. The van der Waals surface area contributed by atoms with E-state index in [0.717, 1.165) is 19.4 Å². The lowest BCUT2D eigenvalue weighted by Gasteiger charge is -2.31. The summed E-state index contributed by atoms with van der Waals surface area (Å²) in [6, 6.07) is 6.12. The molecule has 0 aliphatic carbocycles. The highest BCUT2D eigenvalue weighted by Crippen LogP contribution is 2.16. The molecule has 3 nitrogen and oxygen atoms in total. The van der Waals surface area contributed by atoms with E-state index in [9.17, 15) is 9.18 Å². The fraction of sp³-hybridized carbons (Fsp3) is 0.400. The molecule has 1 unspecified atom stereocenters. The number of hydrogen-bond donors (Lipinski definition) is 1. The summed E-state index contributed by atoms with van der Waals surface area (Å²) in [6.07, 6.45) is 4.97. The summed E-state index contributed by atoms with van der Waals surface area (Å²) >= 11 is 0. The van der Waals surface area contributed by atoms with Crippen molar-refractivity contribution < 1.29 is 14.3 Å². The quantitative estimate of drug-likeness (QED) is 0.848. The molecule has 1 heterocycles. The summed E-state index contributed by atoms with van der Waals surface area (Å²) in [5, 5.41) is 9.13. The Kier molecular flexibility index (Phi) is 4.68. The Hall–Kier alpha value is -1.68. The first-order valence-corrected chi connectivity index (χ1v) is 6.52. The summed E-state index contributed by atoms with van der Waals surface area (Å²) in [7, 11) is 0. The highest BCUT2D eigenvalue weighted by Gasteiger charge is 2.21. The zero-order valence-electron chi connectivity index (χ0n) is 10.8. The average molecular weight is 263 g/mol. The van der Waals surface area contributed by atoms with Crippen LogP contribution in [0.1, 0.15) is 18.4 Å². The topological polar surface area (TPSA) is 40.5 Å². The van der Waals surface area contributed by atoms with E-state index >= 15 is 0 Å². The molecule has 1 atom stereocenters. The van der Waals surface area contributed by atoms with Crippen LogP contribution in [0.15, 0.2) is 30.3 Å². The van der Waals surface area contributed by atoms with Crippen LogP contribution in [-0.4, -0.2) is 35.6 Å². The van der Waals surface area contributed by atoms with Gasteiger partial charge >= 0.3 is 0 Å². The van der Waals surface area contributed by atoms with Crippen molar-refractivity contribution in [3.05, 3.63) is 41.7 Å². The van der Waals surface area contributed by atoms with E-state index in [1.54, 1.807) is 23.1 Å². The van der Waals surface area contributed by atoms with Crippen LogP contribution in [0.4, 0.5) is 4.39 Å². The number of carbonyl (C=O) groups is 1. The monoisotopic (exact) mass is 263 g/mol. The molecule has 4 heteroatoms. The van der Waals surface area contributed by atoms with Crippen LogP contribution in [0.3, 0.4) is 0 Å². The van der Waals surface area contributed by atoms with Gasteiger partial charge in [0, 0.05) is 25.8 Å². The van der Waals surface area contributed by atoms with Gasteiger partial charge in [-0.05, 0) is 42.5 Å². The molecule has 0 saturated carbocycles. The van der Waals surface area contributed by atoms with Crippen molar-refractivity contribution in [1.29, 1.82) is 0 Å². The molecule has 1 aliphatic rings. The van der Waals surface area contributed by atoms with Gasteiger partial charge < -0.3 is 10.0 Å². The number of rotatable bonds is 3. The van der Waals surface area contributed by atoms with Gasteiger partial charge in [0.15, 0.2) is 0 Å². The first-order chi connectivity index (χ1) is 9.19. The van der Waals surface area contributed by atoms with Gasteiger partial charge in [-0.1, -0.05) is 12.1 Å². The Morgan fingerprint density at radius 1 is 1.53 bits per heavy atom. The number of nitrogens with zero attached hydrogens (tertiary/aromatic N) is 1. The number of amides is 1. The number of carbonyl (C=O) groups excluding carboxylic acids is 1. The molecule has 0 spiro atoms. The predicted octanol–water partition coefficient (Wildman–Crippen LogP) is 2.07. The van der Waals surface area contributed by atoms with Gasteiger partial charge in [-0.3, -0.25) is 4.79 Å². The normalized spacial score (nSPS) is 19.9. The Labute approximate surface area is 112 Å². The maximum Gasteiger partial charge on any atom is 0.246 e. The number of aliphatic hydroxyl groups is 1. The molecular formula is C15H18FNO2. The van der Waals surface area contributed by atoms with E-state index in [1.807, 2.05) is 0 Å². The van der Waals surface area contributed by atoms with Gasteiger partial charge in [-0.25, -0.2) is 4.39 Å². The first kappa shape index (κ1) is 13.7. The zero-order valence-corrected chi connectivity index (χ0v) is 10.8. The van der Waals surface area contributed by atoms with Crippen molar-refractivity contribution in [2.75, 3.05) is 19.7 Å². The molecule has 102 valence electrons. The summed E-state index contributed by atoms with van der Waals surface area (Å²) in [6.45, 7) is 1.45. The van der Waals surface area contributed by atoms with Gasteiger partial charge in [-0.15, -0.1) is 0 Å². The largest absolute Gasteiger partial charge is 0.396 e. The maximum absolute atomic E-state index is 13.0. The highest BCUT2D eigenvalue weighted by atomic mass is 19.1.